The van der Waals surface area contributed by atoms with E-state index in [1.807, 2.05) is 13.8 Å². The fraction of sp³-hybridized carbons (Fsp3) is 0.310. The molecular weight excluding hydrogens is 522 g/mol. The molecule has 1 N–H and O–H groups in total. The third kappa shape index (κ3) is 6.94. The van der Waals surface area contributed by atoms with Gasteiger partial charge in [-0.1, -0.05) is 72.6 Å². The van der Waals surface area contributed by atoms with Gasteiger partial charge in [0.2, 0.25) is 11.8 Å². The highest BCUT2D eigenvalue weighted by Gasteiger charge is 2.33. The first-order valence-electron chi connectivity index (χ1n) is 12.5. The average molecular weight is 556 g/mol. The van der Waals surface area contributed by atoms with Gasteiger partial charge in [-0.3, -0.25) is 13.9 Å². The van der Waals surface area contributed by atoms with Crippen molar-refractivity contribution < 1.29 is 18.0 Å². The quantitative estimate of drug-likeness (QED) is 0.357. The predicted octanol–water partition coefficient (Wildman–Crippen LogP) is 5.10. The lowest BCUT2D eigenvalue weighted by Gasteiger charge is -2.32. The molecule has 2 amide bonds. The molecule has 0 aliphatic rings. The smallest absolute Gasteiger partial charge is 0.264 e. The monoisotopic (exact) mass is 555 g/mol. The summed E-state index contributed by atoms with van der Waals surface area (Å²) in [6.07, 6.45) is 0.743. The SMILES string of the molecule is CCCNC(=O)C(C)N(Cc1ccccc1Cl)C(=O)CN(c1ccccc1C)S(=O)(=O)c1ccc(C)cc1. The molecule has 3 rings (SSSR count). The second-order valence-electron chi connectivity index (χ2n) is 9.19. The lowest BCUT2D eigenvalue weighted by atomic mass is 10.1. The average Bonchev–Trinajstić information content (AvgIpc) is 2.90. The topological polar surface area (TPSA) is 86.8 Å². The Bertz CT molecular complexity index is 1380. The maximum absolute atomic E-state index is 13.9. The van der Waals surface area contributed by atoms with Gasteiger partial charge in [-0.2, -0.15) is 0 Å². The van der Waals surface area contributed by atoms with E-state index in [1.165, 1.54) is 17.0 Å². The zero-order chi connectivity index (χ0) is 27.9. The van der Waals surface area contributed by atoms with E-state index in [1.54, 1.807) is 74.5 Å². The van der Waals surface area contributed by atoms with Crippen LogP contribution in [0.3, 0.4) is 0 Å². The van der Waals surface area contributed by atoms with E-state index >= 15 is 0 Å². The van der Waals surface area contributed by atoms with Gasteiger partial charge in [0.1, 0.15) is 12.6 Å². The first-order chi connectivity index (χ1) is 18.1. The van der Waals surface area contributed by atoms with Gasteiger partial charge in [-0.25, -0.2) is 8.42 Å². The molecule has 0 radical (unpaired) electrons. The van der Waals surface area contributed by atoms with Crippen molar-refractivity contribution in [3.63, 3.8) is 0 Å². The predicted molar refractivity (Wildman–Crippen MR) is 152 cm³/mol. The van der Waals surface area contributed by atoms with Crippen LogP contribution >= 0.6 is 11.6 Å². The van der Waals surface area contributed by atoms with Crippen LogP contribution in [-0.2, 0) is 26.2 Å². The Morgan fingerprint density at radius 2 is 1.58 bits per heavy atom. The third-order valence-electron chi connectivity index (χ3n) is 6.29. The molecule has 0 saturated heterocycles. The van der Waals surface area contributed by atoms with Gasteiger partial charge in [0.25, 0.3) is 10.0 Å². The standard InChI is InChI=1S/C29H34ClN3O4S/c1-5-18-31-29(35)23(4)32(19-24-11-7-8-12-26(24)30)28(34)20-33(27-13-9-6-10-22(27)3)38(36,37)25-16-14-21(2)15-17-25/h6-17,23H,5,18-20H2,1-4H3,(H,31,35). The van der Waals surface area contributed by atoms with Crippen LogP contribution in [0.15, 0.2) is 77.7 Å². The molecule has 0 saturated carbocycles. The fourth-order valence-corrected chi connectivity index (χ4v) is 5.66. The maximum Gasteiger partial charge on any atom is 0.264 e. The minimum atomic E-state index is -4.10. The van der Waals surface area contributed by atoms with Gasteiger partial charge in [0.05, 0.1) is 10.6 Å². The number of nitrogens with one attached hydrogen (secondary N) is 1. The third-order valence-corrected chi connectivity index (χ3v) is 8.43. The van der Waals surface area contributed by atoms with Crippen molar-refractivity contribution in [3.8, 4) is 0 Å². The molecule has 0 bridgehead atoms. The number of sulfonamides is 1. The second-order valence-corrected chi connectivity index (χ2v) is 11.5. The number of para-hydroxylation sites is 1. The zero-order valence-corrected chi connectivity index (χ0v) is 23.7. The molecule has 0 aromatic heterocycles. The van der Waals surface area contributed by atoms with Gasteiger partial charge in [-0.15, -0.1) is 0 Å². The second kappa shape index (κ2) is 12.9. The Hall–Kier alpha value is -3.36. The summed E-state index contributed by atoms with van der Waals surface area (Å²) >= 11 is 6.38. The van der Waals surface area contributed by atoms with Gasteiger partial charge >= 0.3 is 0 Å². The first kappa shape index (κ1) is 29.2. The highest BCUT2D eigenvalue weighted by Crippen LogP contribution is 2.28. The molecule has 0 fully saturated rings. The van der Waals surface area contributed by atoms with Crippen LogP contribution in [-0.4, -0.2) is 44.3 Å². The van der Waals surface area contributed by atoms with Crippen LogP contribution in [0.5, 0.6) is 0 Å². The van der Waals surface area contributed by atoms with E-state index in [-0.39, 0.29) is 17.3 Å². The van der Waals surface area contributed by atoms with Crippen LogP contribution in [0.1, 0.15) is 37.0 Å². The van der Waals surface area contributed by atoms with Crippen molar-refractivity contribution in [2.24, 2.45) is 0 Å². The molecule has 7 nitrogen and oxygen atoms in total. The minimum Gasteiger partial charge on any atom is -0.354 e. The number of rotatable bonds is 11. The van der Waals surface area contributed by atoms with Crippen molar-refractivity contribution in [3.05, 3.63) is 94.5 Å². The van der Waals surface area contributed by atoms with Crippen molar-refractivity contribution in [2.75, 3.05) is 17.4 Å². The van der Waals surface area contributed by atoms with Gasteiger partial charge < -0.3 is 10.2 Å². The first-order valence-corrected chi connectivity index (χ1v) is 14.3. The Balaban J connectivity index is 2.04. The molecule has 0 aliphatic heterocycles. The van der Waals surface area contributed by atoms with E-state index < -0.39 is 28.5 Å². The lowest BCUT2D eigenvalue weighted by Crippen LogP contribution is -2.51. The number of halogens is 1. The van der Waals surface area contributed by atoms with Gasteiger partial charge in [0, 0.05) is 18.1 Å². The summed E-state index contributed by atoms with van der Waals surface area (Å²) in [5.41, 5.74) is 2.66. The van der Waals surface area contributed by atoms with Crippen LogP contribution in [0, 0.1) is 13.8 Å². The summed E-state index contributed by atoms with van der Waals surface area (Å²) in [4.78, 5) is 28.3. The number of carbonyl (C=O) groups is 2. The molecule has 3 aromatic rings. The number of benzene rings is 3. The normalized spacial score (nSPS) is 12.0. The number of hydrogen-bond acceptors (Lipinski definition) is 4. The Labute approximate surface area is 230 Å². The molecule has 202 valence electrons. The lowest BCUT2D eigenvalue weighted by molar-refractivity contribution is -0.139. The highest BCUT2D eigenvalue weighted by molar-refractivity contribution is 7.92. The summed E-state index contributed by atoms with van der Waals surface area (Å²) in [6.45, 7) is 7.26. The highest BCUT2D eigenvalue weighted by atomic mass is 35.5. The summed E-state index contributed by atoms with van der Waals surface area (Å²) in [6, 6.07) is 19.7. The molecule has 1 atom stereocenters. The molecule has 38 heavy (non-hydrogen) atoms. The summed E-state index contributed by atoms with van der Waals surface area (Å²) in [5.74, 6) is -0.848. The molecule has 0 spiro atoms. The Morgan fingerprint density at radius 3 is 2.21 bits per heavy atom. The largest absolute Gasteiger partial charge is 0.354 e. The number of aryl methyl sites for hydroxylation is 2. The molecule has 0 heterocycles. The Morgan fingerprint density at radius 1 is 0.947 bits per heavy atom. The summed E-state index contributed by atoms with van der Waals surface area (Å²) in [5, 5.41) is 3.28. The zero-order valence-electron chi connectivity index (χ0n) is 22.1. The number of anilines is 1. The molecule has 3 aromatic carbocycles. The molecular formula is C29H34ClN3O4S. The van der Waals surface area contributed by atoms with Crippen LogP contribution < -0.4 is 9.62 Å². The van der Waals surface area contributed by atoms with Crippen LogP contribution in [0.25, 0.3) is 0 Å². The maximum atomic E-state index is 13.9. The number of amides is 2. The van der Waals surface area contributed by atoms with E-state index in [4.69, 9.17) is 11.6 Å². The number of hydrogen-bond donors (Lipinski definition) is 1. The molecule has 9 heteroatoms. The Kier molecular flexibility index (Phi) is 9.94. The summed E-state index contributed by atoms with van der Waals surface area (Å²) < 4.78 is 28.9. The molecule has 0 aliphatic carbocycles. The van der Waals surface area contributed by atoms with Crippen molar-refractivity contribution in [1.82, 2.24) is 10.2 Å². The van der Waals surface area contributed by atoms with E-state index in [9.17, 15) is 18.0 Å². The van der Waals surface area contributed by atoms with E-state index in [0.717, 1.165) is 16.3 Å². The van der Waals surface area contributed by atoms with Crippen LogP contribution in [0.4, 0.5) is 5.69 Å². The van der Waals surface area contributed by atoms with E-state index in [0.29, 0.717) is 28.4 Å². The van der Waals surface area contributed by atoms with E-state index in [2.05, 4.69) is 5.32 Å². The van der Waals surface area contributed by atoms with Crippen molar-refractivity contribution >= 4 is 39.1 Å². The van der Waals surface area contributed by atoms with Gasteiger partial charge in [0.15, 0.2) is 0 Å². The molecule has 1 unspecified atom stereocenters. The van der Waals surface area contributed by atoms with Crippen molar-refractivity contribution in [1.29, 1.82) is 0 Å². The number of carbonyl (C=O) groups excluding carboxylic acids is 2. The van der Waals surface area contributed by atoms with Crippen molar-refractivity contribution in [2.45, 2.75) is 51.6 Å². The van der Waals surface area contributed by atoms with Gasteiger partial charge in [-0.05, 0) is 62.6 Å². The fourth-order valence-electron chi connectivity index (χ4n) is 3.98. The summed E-state index contributed by atoms with van der Waals surface area (Å²) in [7, 11) is -4.10. The van der Waals surface area contributed by atoms with Crippen LogP contribution in [0.2, 0.25) is 5.02 Å². The minimum absolute atomic E-state index is 0.0470. The number of nitrogens with zero attached hydrogens (tertiary/aromatic N) is 2.